The number of carboxylic acid groups (broad SMARTS) is 1. The number of halogens is 1. The molecule has 2 aromatic heterocycles. The van der Waals surface area contributed by atoms with Crippen LogP contribution < -0.4 is 5.32 Å². The van der Waals surface area contributed by atoms with Crippen LogP contribution in [0.3, 0.4) is 0 Å². The minimum Gasteiger partial charge on any atom is -0.478 e. The molecule has 21 heavy (non-hydrogen) atoms. The molecule has 3 rings (SSSR count). The lowest BCUT2D eigenvalue weighted by Crippen LogP contribution is -2.04. The normalized spacial score (nSPS) is 10.8. The van der Waals surface area contributed by atoms with E-state index in [-0.39, 0.29) is 5.56 Å². The molecule has 0 aliphatic carbocycles. The molecule has 3 aromatic rings. The van der Waals surface area contributed by atoms with Gasteiger partial charge >= 0.3 is 5.97 Å². The highest BCUT2D eigenvalue weighted by Gasteiger charge is 2.11. The summed E-state index contributed by atoms with van der Waals surface area (Å²) in [6.07, 6.45) is 1.41. The zero-order valence-electron chi connectivity index (χ0n) is 10.9. The minimum atomic E-state index is -0.998. The van der Waals surface area contributed by atoms with E-state index in [1.54, 1.807) is 22.7 Å². The molecular weight excluding hydrogens is 338 g/mol. The van der Waals surface area contributed by atoms with Crippen molar-refractivity contribution in [3.05, 3.63) is 46.3 Å². The number of hydrogen-bond acceptors (Lipinski definition) is 5. The van der Waals surface area contributed by atoms with E-state index in [0.29, 0.717) is 21.8 Å². The third-order valence-electron chi connectivity index (χ3n) is 2.85. The summed E-state index contributed by atoms with van der Waals surface area (Å²) < 4.78 is 2.08. The quantitative estimate of drug-likeness (QED) is 0.756. The maximum Gasteiger partial charge on any atom is 0.336 e. The summed E-state index contributed by atoms with van der Waals surface area (Å²) in [5.41, 5.74) is 1.60. The third kappa shape index (κ3) is 2.57. The van der Waals surface area contributed by atoms with E-state index in [1.807, 2.05) is 13.0 Å². The first-order valence-electron chi connectivity index (χ1n) is 6.02. The lowest BCUT2D eigenvalue weighted by Gasteiger charge is -2.10. The van der Waals surface area contributed by atoms with E-state index in [0.717, 1.165) is 5.69 Å². The first-order valence-corrected chi connectivity index (χ1v) is 6.81. The van der Waals surface area contributed by atoms with Crippen LogP contribution in [0.25, 0.3) is 5.78 Å². The first-order chi connectivity index (χ1) is 10.0. The van der Waals surface area contributed by atoms with Crippen molar-refractivity contribution >= 4 is 39.2 Å². The first kappa shape index (κ1) is 13.5. The topological polar surface area (TPSA) is 92.4 Å². The number of aryl methyl sites for hydroxylation is 1. The molecule has 0 fully saturated rings. The number of aromatic carboxylic acids is 1. The van der Waals surface area contributed by atoms with Crippen LogP contribution in [-0.2, 0) is 0 Å². The number of rotatable bonds is 3. The molecule has 0 unspecified atom stereocenters. The van der Waals surface area contributed by atoms with Gasteiger partial charge in [0.05, 0.1) is 5.56 Å². The van der Waals surface area contributed by atoms with Gasteiger partial charge in [-0.25, -0.2) is 9.78 Å². The number of aromatic nitrogens is 4. The van der Waals surface area contributed by atoms with E-state index in [9.17, 15) is 4.79 Å². The summed E-state index contributed by atoms with van der Waals surface area (Å²) in [6.45, 7) is 1.85. The number of benzene rings is 1. The minimum absolute atomic E-state index is 0.181. The second-order valence-corrected chi connectivity index (χ2v) is 5.23. The number of fused-ring (bicyclic) bond motifs is 1. The van der Waals surface area contributed by atoms with Gasteiger partial charge in [0.1, 0.15) is 12.1 Å². The Morgan fingerprint density at radius 2 is 2.19 bits per heavy atom. The number of nitrogens with one attached hydrogen (secondary N) is 1. The average Bonchev–Trinajstić information content (AvgIpc) is 2.88. The summed E-state index contributed by atoms with van der Waals surface area (Å²) in [4.78, 5) is 19.4. The van der Waals surface area contributed by atoms with E-state index >= 15 is 0 Å². The Hall–Kier alpha value is -2.48. The van der Waals surface area contributed by atoms with Gasteiger partial charge in [-0.2, -0.15) is 14.6 Å². The van der Waals surface area contributed by atoms with Crippen molar-refractivity contribution in [3.8, 4) is 0 Å². The van der Waals surface area contributed by atoms with Gasteiger partial charge in [-0.15, -0.1) is 0 Å². The Balaban J connectivity index is 2.04. The zero-order chi connectivity index (χ0) is 15.0. The average molecular weight is 348 g/mol. The van der Waals surface area contributed by atoms with E-state index in [4.69, 9.17) is 5.11 Å². The van der Waals surface area contributed by atoms with Gasteiger partial charge in [-0.3, -0.25) is 0 Å². The van der Waals surface area contributed by atoms with Crippen LogP contribution in [0.5, 0.6) is 0 Å². The van der Waals surface area contributed by atoms with Crippen molar-refractivity contribution in [2.45, 2.75) is 6.92 Å². The predicted octanol–water partition coefficient (Wildman–Crippen LogP) is 2.64. The summed E-state index contributed by atoms with van der Waals surface area (Å²) >= 11 is 3.22. The molecule has 0 aliphatic rings. The van der Waals surface area contributed by atoms with Crippen molar-refractivity contribution in [1.82, 2.24) is 19.6 Å². The highest BCUT2D eigenvalue weighted by Crippen LogP contribution is 2.24. The third-order valence-corrected chi connectivity index (χ3v) is 3.54. The molecule has 0 amide bonds. The molecule has 0 atom stereocenters. The van der Waals surface area contributed by atoms with Crippen molar-refractivity contribution < 1.29 is 9.90 Å². The van der Waals surface area contributed by atoms with Crippen LogP contribution in [0.4, 0.5) is 11.5 Å². The van der Waals surface area contributed by atoms with Gasteiger partial charge in [0, 0.05) is 21.9 Å². The Kier molecular flexibility index (Phi) is 3.30. The van der Waals surface area contributed by atoms with Crippen LogP contribution >= 0.6 is 15.9 Å². The van der Waals surface area contributed by atoms with E-state index in [2.05, 4.69) is 36.3 Å². The van der Waals surface area contributed by atoms with Crippen molar-refractivity contribution in [2.75, 3.05) is 5.32 Å². The van der Waals surface area contributed by atoms with Gasteiger partial charge in [0.25, 0.3) is 5.78 Å². The van der Waals surface area contributed by atoms with Crippen LogP contribution in [0, 0.1) is 6.92 Å². The van der Waals surface area contributed by atoms with E-state index in [1.165, 1.54) is 6.33 Å². The summed E-state index contributed by atoms with van der Waals surface area (Å²) in [5.74, 6) is 0.143. The molecule has 0 aliphatic heterocycles. The fraction of sp³-hybridized carbons (Fsp3) is 0.0769. The molecule has 1 aromatic carbocycles. The number of nitrogens with zero attached hydrogens (tertiary/aromatic N) is 4. The van der Waals surface area contributed by atoms with E-state index < -0.39 is 5.97 Å². The maximum absolute atomic E-state index is 11.2. The Morgan fingerprint density at radius 1 is 1.38 bits per heavy atom. The molecular formula is C13H10BrN5O2. The highest BCUT2D eigenvalue weighted by molar-refractivity contribution is 9.10. The fourth-order valence-corrected chi connectivity index (χ4v) is 2.35. The second kappa shape index (κ2) is 5.13. The monoisotopic (exact) mass is 347 g/mol. The van der Waals surface area contributed by atoms with Crippen molar-refractivity contribution in [3.63, 3.8) is 0 Å². The van der Waals surface area contributed by atoms with Crippen LogP contribution in [-0.4, -0.2) is 30.7 Å². The molecule has 0 radical (unpaired) electrons. The van der Waals surface area contributed by atoms with Crippen LogP contribution in [0.15, 0.2) is 35.1 Å². The number of carboxylic acids is 1. The zero-order valence-corrected chi connectivity index (χ0v) is 12.5. The molecule has 7 nitrogen and oxygen atoms in total. The van der Waals surface area contributed by atoms with Gasteiger partial charge in [-0.1, -0.05) is 0 Å². The lowest BCUT2D eigenvalue weighted by atomic mass is 10.2. The Bertz CT molecular complexity index is 846. The highest BCUT2D eigenvalue weighted by atomic mass is 79.9. The van der Waals surface area contributed by atoms with Crippen molar-refractivity contribution in [2.24, 2.45) is 0 Å². The van der Waals surface area contributed by atoms with Crippen LogP contribution in [0.2, 0.25) is 0 Å². The second-order valence-electron chi connectivity index (χ2n) is 4.38. The summed E-state index contributed by atoms with van der Waals surface area (Å²) in [5, 5.41) is 16.4. The van der Waals surface area contributed by atoms with Gasteiger partial charge in [0.15, 0.2) is 0 Å². The van der Waals surface area contributed by atoms with Gasteiger partial charge < -0.3 is 10.4 Å². The summed E-state index contributed by atoms with van der Waals surface area (Å²) in [7, 11) is 0. The molecule has 0 saturated carbocycles. The fourth-order valence-electron chi connectivity index (χ4n) is 1.93. The molecule has 2 heterocycles. The van der Waals surface area contributed by atoms with Crippen LogP contribution in [0.1, 0.15) is 16.1 Å². The molecule has 106 valence electrons. The standard InChI is InChI=1S/C13H10BrN5O2/c1-7-4-11(19-13(17-7)15-6-16-19)18-8-2-3-10(14)9(5-8)12(20)21/h2-6,18H,1H3,(H,20,21). The number of anilines is 2. The largest absolute Gasteiger partial charge is 0.478 e. The number of carbonyl (C=O) groups is 1. The Labute approximate surface area is 127 Å². The van der Waals surface area contributed by atoms with Gasteiger partial charge in [-0.05, 0) is 41.1 Å². The Morgan fingerprint density at radius 3 is 2.95 bits per heavy atom. The smallest absolute Gasteiger partial charge is 0.336 e. The molecule has 0 saturated heterocycles. The maximum atomic E-state index is 11.2. The van der Waals surface area contributed by atoms with Gasteiger partial charge in [0.2, 0.25) is 0 Å². The lowest BCUT2D eigenvalue weighted by molar-refractivity contribution is 0.0696. The number of hydrogen-bond donors (Lipinski definition) is 2. The summed E-state index contributed by atoms with van der Waals surface area (Å²) in [6, 6.07) is 6.81. The predicted molar refractivity (Wildman–Crippen MR) is 79.9 cm³/mol. The molecule has 2 N–H and O–H groups in total. The van der Waals surface area contributed by atoms with Crippen molar-refractivity contribution in [1.29, 1.82) is 0 Å². The molecule has 0 spiro atoms. The molecule has 0 bridgehead atoms. The SMILES string of the molecule is Cc1cc(Nc2ccc(Br)c(C(=O)O)c2)n2ncnc2n1. The molecule has 8 heteroatoms.